The lowest BCUT2D eigenvalue weighted by Crippen LogP contribution is -2.63. The van der Waals surface area contributed by atoms with Crippen LogP contribution in [0.4, 0.5) is 0 Å². The third-order valence-electron chi connectivity index (χ3n) is 9.77. The van der Waals surface area contributed by atoms with Crippen LogP contribution in [-0.2, 0) is 19.1 Å². The summed E-state index contributed by atoms with van der Waals surface area (Å²) in [5.74, 6) is -2.70. The minimum atomic E-state index is -1.13. The Labute approximate surface area is 182 Å². The number of carbonyl (C=O) groups is 3. The van der Waals surface area contributed by atoms with Crippen LogP contribution in [0.15, 0.2) is 11.6 Å². The molecule has 0 amide bonds. The molecule has 5 aliphatic rings. The smallest absolute Gasteiger partial charge is 0.307 e. The molecule has 5 rings (SSSR count). The SMILES string of the molecule is C.C[C@]12CCC(=O)C=C1CC(C(=O)O)[C@H]1[C@@H]3CC[C@](O)(CCC(=O)O)[C@@]3(C)CC3O[C@]312. The highest BCUT2D eigenvalue weighted by molar-refractivity contribution is 5.92. The lowest BCUT2D eigenvalue weighted by Gasteiger charge is -2.58. The number of hydrogen-bond donors (Lipinski definition) is 3. The zero-order valence-corrected chi connectivity index (χ0v) is 17.5. The van der Waals surface area contributed by atoms with E-state index in [4.69, 9.17) is 9.84 Å². The highest BCUT2D eigenvalue weighted by atomic mass is 16.6. The number of fused-ring (bicyclic) bond motifs is 3. The summed E-state index contributed by atoms with van der Waals surface area (Å²) in [4.78, 5) is 35.7. The fourth-order valence-electron chi connectivity index (χ4n) is 8.08. The van der Waals surface area contributed by atoms with Crippen LogP contribution in [0, 0.1) is 28.6 Å². The second-order valence-corrected chi connectivity index (χ2v) is 10.7. The summed E-state index contributed by atoms with van der Waals surface area (Å²) in [6.07, 6.45) is 4.81. The van der Waals surface area contributed by atoms with E-state index >= 15 is 0 Å². The van der Waals surface area contributed by atoms with Gasteiger partial charge < -0.3 is 20.1 Å². The van der Waals surface area contributed by atoms with E-state index in [9.17, 15) is 24.6 Å². The average Bonchev–Trinajstić information content (AvgIpc) is 3.32. The molecule has 1 heterocycles. The van der Waals surface area contributed by atoms with Gasteiger partial charge in [0, 0.05) is 29.6 Å². The molecule has 1 saturated heterocycles. The Balaban J connectivity index is 0.00000231. The van der Waals surface area contributed by atoms with E-state index in [0.717, 1.165) is 5.57 Å². The van der Waals surface area contributed by atoms with Crippen LogP contribution in [0.3, 0.4) is 0 Å². The lowest BCUT2D eigenvalue weighted by molar-refractivity contribution is -0.160. The van der Waals surface area contributed by atoms with Crippen molar-refractivity contribution >= 4 is 17.7 Å². The monoisotopic (exact) mass is 434 g/mol. The molecule has 8 atom stereocenters. The molecule has 0 bridgehead atoms. The highest BCUT2D eigenvalue weighted by Crippen LogP contribution is 2.77. The van der Waals surface area contributed by atoms with Crippen molar-refractivity contribution in [3.8, 4) is 0 Å². The van der Waals surface area contributed by atoms with Crippen LogP contribution in [0.2, 0.25) is 0 Å². The van der Waals surface area contributed by atoms with Gasteiger partial charge in [0.1, 0.15) is 5.60 Å². The van der Waals surface area contributed by atoms with Crippen molar-refractivity contribution in [2.75, 3.05) is 0 Å². The maximum atomic E-state index is 12.4. The fourth-order valence-corrected chi connectivity index (χ4v) is 8.08. The molecular weight excluding hydrogens is 400 g/mol. The quantitative estimate of drug-likeness (QED) is 0.580. The summed E-state index contributed by atoms with van der Waals surface area (Å²) < 4.78 is 6.44. The average molecular weight is 435 g/mol. The maximum Gasteiger partial charge on any atom is 0.307 e. The minimum absolute atomic E-state index is 0. The topological polar surface area (TPSA) is 124 Å². The summed E-state index contributed by atoms with van der Waals surface area (Å²) in [7, 11) is 0. The second-order valence-electron chi connectivity index (χ2n) is 10.7. The van der Waals surface area contributed by atoms with Crippen LogP contribution >= 0.6 is 0 Å². The molecule has 0 aromatic heterocycles. The number of carboxylic acids is 2. The molecule has 7 heteroatoms. The van der Waals surface area contributed by atoms with Gasteiger partial charge in [-0.25, -0.2) is 0 Å². The van der Waals surface area contributed by atoms with E-state index in [1.54, 1.807) is 6.08 Å². The Morgan fingerprint density at radius 3 is 2.58 bits per heavy atom. The third-order valence-corrected chi connectivity index (χ3v) is 9.77. The van der Waals surface area contributed by atoms with Gasteiger partial charge in [-0.15, -0.1) is 0 Å². The van der Waals surface area contributed by atoms with Gasteiger partial charge in [0.2, 0.25) is 0 Å². The van der Waals surface area contributed by atoms with Crippen molar-refractivity contribution in [3.63, 3.8) is 0 Å². The summed E-state index contributed by atoms with van der Waals surface area (Å²) in [6, 6.07) is 0. The number of carbonyl (C=O) groups excluding carboxylic acids is 1. The molecule has 0 radical (unpaired) electrons. The van der Waals surface area contributed by atoms with Gasteiger partial charge >= 0.3 is 11.9 Å². The maximum absolute atomic E-state index is 12.4. The van der Waals surface area contributed by atoms with Crippen LogP contribution in [0.1, 0.15) is 72.6 Å². The molecule has 31 heavy (non-hydrogen) atoms. The number of rotatable bonds is 4. The molecular formula is C24H34O7. The number of ether oxygens (including phenoxy) is 1. The van der Waals surface area contributed by atoms with Gasteiger partial charge in [0.05, 0.1) is 17.6 Å². The number of ketones is 1. The Kier molecular flexibility index (Phi) is 4.81. The molecule has 1 spiro atoms. The Morgan fingerprint density at radius 2 is 1.94 bits per heavy atom. The standard InChI is InChI=1S/C23H30O7.CH4/c1-20-6-3-13(24)9-12(20)10-14(19(27)28)18-15-4-7-22(29,8-5-17(25)26)21(15,2)11-16-23(18,20)30-16;/h9,14-16,18,29H,3-8,10-11H2,1-2H3,(H,25,26)(H,27,28);1H4/t14?,15-,16?,18-,20-,21-,22-,23+;/m0./s1. The zero-order chi connectivity index (χ0) is 21.7. The van der Waals surface area contributed by atoms with Gasteiger partial charge in [0.25, 0.3) is 0 Å². The molecule has 7 nitrogen and oxygen atoms in total. The minimum Gasteiger partial charge on any atom is -0.481 e. The summed E-state index contributed by atoms with van der Waals surface area (Å²) in [6.45, 7) is 4.14. The van der Waals surface area contributed by atoms with E-state index in [0.29, 0.717) is 38.5 Å². The van der Waals surface area contributed by atoms with Crippen LogP contribution in [-0.4, -0.2) is 50.3 Å². The highest BCUT2D eigenvalue weighted by Gasteiger charge is 2.82. The van der Waals surface area contributed by atoms with E-state index in [2.05, 4.69) is 6.92 Å². The molecule has 3 N–H and O–H groups in total. The molecule has 0 aromatic carbocycles. The molecule has 4 fully saturated rings. The molecule has 3 saturated carbocycles. The van der Waals surface area contributed by atoms with Gasteiger partial charge in [-0.1, -0.05) is 26.8 Å². The molecule has 0 aromatic rings. The van der Waals surface area contributed by atoms with Gasteiger partial charge in [-0.3, -0.25) is 14.4 Å². The van der Waals surface area contributed by atoms with E-state index in [-0.39, 0.29) is 49.4 Å². The summed E-state index contributed by atoms with van der Waals surface area (Å²) >= 11 is 0. The Morgan fingerprint density at radius 1 is 1.23 bits per heavy atom. The van der Waals surface area contributed by atoms with Crippen molar-refractivity contribution < 1.29 is 34.4 Å². The van der Waals surface area contributed by atoms with Crippen molar-refractivity contribution in [2.24, 2.45) is 28.6 Å². The van der Waals surface area contributed by atoms with Crippen molar-refractivity contribution in [2.45, 2.75) is 89.9 Å². The first-order valence-corrected chi connectivity index (χ1v) is 11.1. The van der Waals surface area contributed by atoms with E-state index in [1.807, 2.05) is 6.92 Å². The Bertz CT molecular complexity index is 879. The first-order valence-electron chi connectivity index (χ1n) is 11.1. The first-order chi connectivity index (χ1) is 14.0. The number of carboxylic acid groups (broad SMARTS) is 2. The zero-order valence-electron chi connectivity index (χ0n) is 17.5. The summed E-state index contributed by atoms with van der Waals surface area (Å²) in [5.41, 5.74) is -1.74. The second kappa shape index (κ2) is 6.64. The summed E-state index contributed by atoms with van der Waals surface area (Å²) in [5, 5.41) is 30.9. The van der Waals surface area contributed by atoms with Crippen molar-refractivity contribution in [3.05, 3.63) is 11.6 Å². The first kappa shape index (κ1) is 22.5. The molecule has 2 unspecified atom stereocenters. The van der Waals surface area contributed by atoms with Gasteiger partial charge in [0.15, 0.2) is 5.78 Å². The predicted octanol–water partition coefficient (Wildman–Crippen LogP) is 3.19. The molecule has 172 valence electrons. The number of aliphatic hydroxyl groups is 1. The molecule has 4 aliphatic carbocycles. The normalized spacial score (nSPS) is 49.5. The van der Waals surface area contributed by atoms with E-state index < -0.39 is 34.5 Å². The number of aliphatic carboxylic acids is 2. The molecule has 1 aliphatic heterocycles. The Hall–Kier alpha value is -1.73. The van der Waals surface area contributed by atoms with Crippen LogP contribution < -0.4 is 0 Å². The lowest BCUT2D eigenvalue weighted by atomic mass is 9.43. The third kappa shape index (κ3) is 2.62. The number of epoxide rings is 1. The van der Waals surface area contributed by atoms with Crippen molar-refractivity contribution in [1.82, 2.24) is 0 Å². The van der Waals surface area contributed by atoms with Crippen molar-refractivity contribution in [1.29, 1.82) is 0 Å². The largest absolute Gasteiger partial charge is 0.481 e. The van der Waals surface area contributed by atoms with Crippen LogP contribution in [0.25, 0.3) is 0 Å². The fraction of sp³-hybridized carbons (Fsp3) is 0.792. The van der Waals surface area contributed by atoms with Crippen LogP contribution in [0.5, 0.6) is 0 Å². The van der Waals surface area contributed by atoms with Gasteiger partial charge in [-0.05, 0) is 50.5 Å². The van der Waals surface area contributed by atoms with Gasteiger partial charge in [-0.2, -0.15) is 0 Å². The van der Waals surface area contributed by atoms with E-state index in [1.165, 1.54) is 0 Å². The number of hydrogen-bond acceptors (Lipinski definition) is 5. The predicted molar refractivity (Wildman–Crippen MR) is 111 cm³/mol.